The highest BCUT2D eigenvalue weighted by atomic mass is 19.4. The molecule has 8 heteroatoms. The number of nitrogens with zero attached hydrogens (tertiary/aromatic N) is 2. The number of hydrogen-bond acceptors (Lipinski definition) is 3. The largest absolute Gasteiger partial charge is 0.406 e. The van der Waals surface area contributed by atoms with Crippen molar-refractivity contribution in [3.8, 4) is 6.07 Å². The molecule has 1 aromatic rings. The summed E-state index contributed by atoms with van der Waals surface area (Å²) in [6.45, 7) is -1.71. The van der Waals surface area contributed by atoms with Gasteiger partial charge in [0.05, 0.1) is 0 Å². The van der Waals surface area contributed by atoms with Crippen LogP contribution in [-0.4, -0.2) is 15.7 Å². The summed E-state index contributed by atoms with van der Waals surface area (Å²) in [5.74, 6) is 0. The van der Waals surface area contributed by atoms with E-state index >= 15 is 0 Å². The lowest BCUT2D eigenvalue weighted by atomic mass is 10.4. The molecule has 0 atom stereocenters. The molecule has 0 radical (unpaired) electrons. The quantitative estimate of drug-likeness (QED) is 0.720. The zero-order chi connectivity index (χ0) is 11.6. The lowest BCUT2D eigenvalue weighted by Gasteiger charge is -2.07. The van der Waals surface area contributed by atoms with Gasteiger partial charge in [-0.2, -0.15) is 18.4 Å². The van der Waals surface area contributed by atoms with E-state index in [-0.39, 0.29) is 4.57 Å². The lowest BCUT2D eigenvalue weighted by Crippen LogP contribution is -2.40. The number of alkyl halides is 3. The molecule has 1 aromatic heterocycles. The van der Waals surface area contributed by atoms with Gasteiger partial charge >= 0.3 is 11.9 Å². The summed E-state index contributed by atoms with van der Waals surface area (Å²) >= 11 is 0. The van der Waals surface area contributed by atoms with Crippen LogP contribution in [-0.2, 0) is 6.54 Å². The maximum atomic E-state index is 11.9. The number of aromatic nitrogens is 2. The van der Waals surface area contributed by atoms with Gasteiger partial charge in [0.1, 0.15) is 18.2 Å². The Bertz CT molecular complexity index is 520. The van der Waals surface area contributed by atoms with Gasteiger partial charge in [-0.25, -0.2) is 4.79 Å². The summed E-state index contributed by atoms with van der Waals surface area (Å²) in [7, 11) is 0. The third-order valence-electron chi connectivity index (χ3n) is 1.52. The van der Waals surface area contributed by atoms with Crippen molar-refractivity contribution in [1.29, 1.82) is 5.26 Å². The van der Waals surface area contributed by atoms with E-state index in [1.165, 1.54) is 6.07 Å². The number of nitriles is 1. The Morgan fingerprint density at radius 1 is 1.47 bits per heavy atom. The van der Waals surface area contributed by atoms with Gasteiger partial charge in [-0.3, -0.25) is 9.36 Å². The molecule has 0 saturated heterocycles. The third kappa shape index (κ3) is 2.46. The van der Waals surface area contributed by atoms with E-state index in [9.17, 15) is 22.8 Å². The van der Waals surface area contributed by atoms with Crippen molar-refractivity contribution in [2.24, 2.45) is 0 Å². The average molecular weight is 219 g/mol. The molecule has 1 N–H and O–H groups in total. The summed E-state index contributed by atoms with van der Waals surface area (Å²) in [6.07, 6.45) is -3.91. The van der Waals surface area contributed by atoms with E-state index in [0.717, 1.165) is 6.20 Å². The van der Waals surface area contributed by atoms with Crippen LogP contribution in [0.3, 0.4) is 0 Å². The van der Waals surface area contributed by atoms with Crippen molar-refractivity contribution in [2.45, 2.75) is 12.7 Å². The number of hydrogen-bond donors (Lipinski definition) is 1. The standard InChI is InChI=1S/C7H4F3N3O2/c8-7(9,10)3-13-5(14)4(1-11)2-12-6(13)15/h2H,3H2,(H,12,15). The molecule has 0 aromatic carbocycles. The number of rotatable bonds is 1. The van der Waals surface area contributed by atoms with Gasteiger partial charge in [-0.05, 0) is 0 Å². The first-order chi connectivity index (χ1) is 6.85. The van der Waals surface area contributed by atoms with Gasteiger partial charge in [0.2, 0.25) is 0 Å². The van der Waals surface area contributed by atoms with Crippen LogP contribution in [0.4, 0.5) is 13.2 Å². The van der Waals surface area contributed by atoms with Crippen LogP contribution < -0.4 is 11.2 Å². The Morgan fingerprint density at radius 2 is 2.07 bits per heavy atom. The molecule has 0 aliphatic carbocycles. The second-order valence-corrected chi connectivity index (χ2v) is 2.63. The van der Waals surface area contributed by atoms with Gasteiger partial charge < -0.3 is 4.98 Å². The Morgan fingerprint density at radius 3 is 2.53 bits per heavy atom. The predicted octanol–water partition coefficient (Wildman–Crippen LogP) is -0.0294. The minimum absolute atomic E-state index is 0.0709. The fraction of sp³-hybridized carbons (Fsp3) is 0.286. The predicted molar refractivity (Wildman–Crippen MR) is 42.1 cm³/mol. The second-order valence-electron chi connectivity index (χ2n) is 2.63. The molecule has 80 valence electrons. The molecule has 15 heavy (non-hydrogen) atoms. The molecule has 0 aliphatic rings. The van der Waals surface area contributed by atoms with Crippen LogP contribution in [0.2, 0.25) is 0 Å². The fourth-order valence-corrected chi connectivity index (χ4v) is 0.914. The molecular weight excluding hydrogens is 215 g/mol. The maximum Gasteiger partial charge on any atom is 0.406 e. The molecule has 0 amide bonds. The molecule has 0 spiro atoms. The van der Waals surface area contributed by atoms with E-state index in [1.54, 1.807) is 0 Å². The molecule has 0 bridgehead atoms. The topological polar surface area (TPSA) is 78.7 Å². The summed E-state index contributed by atoms with van der Waals surface area (Å²) in [6, 6.07) is 1.38. The van der Waals surface area contributed by atoms with Crippen molar-refractivity contribution < 1.29 is 13.2 Å². The zero-order valence-electron chi connectivity index (χ0n) is 7.13. The molecule has 0 unspecified atom stereocenters. The van der Waals surface area contributed by atoms with Crippen LogP contribution >= 0.6 is 0 Å². The zero-order valence-corrected chi connectivity index (χ0v) is 7.13. The van der Waals surface area contributed by atoms with E-state index in [0.29, 0.717) is 0 Å². The van der Waals surface area contributed by atoms with Gasteiger partial charge in [0.15, 0.2) is 0 Å². The smallest absolute Gasteiger partial charge is 0.313 e. The third-order valence-corrected chi connectivity index (χ3v) is 1.52. The molecule has 1 rings (SSSR count). The minimum atomic E-state index is -4.69. The molecule has 0 fully saturated rings. The molecule has 0 saturated carbocycles. The Balaban J connectivity index is 3.37. The van der Waals surface area contributed by atoms with Crippen LogP contribution in [0.15, 0.2) is 15.8 Å². The molecule has 0 aliphatic heterocycles. The molecule has 5 nitrogen and oxygen atoms in total. The Kier molecular flexibility index (Phi) is 2.65. The number of H-pyrrole nitrogens is 1. The van der Waals surface area contributed by atoms with Crippen molar-refractivity contribution in [2.75, 3.05) is 0 Å². The first-order valence-electron chi connectivity index (χ1n) is 3.64. The van der Waals surface area contributed by atoms with Crippen LogP contribution in [0, 0.1) is 11.3 Å². The van der Waals surface area contributed by atoms with E-state index in [4.69, 9.17) is 5.26 Å². The normalized spacial score (nSPS) is 11.1. The van der Waals surface area contributed by atoms with Crippen molar-refractivity contribution in [1.82, 2.24) is 9.55 Å². The van der Waals surface area contributed by atoms with Crippen molar-refractivity contribution in [3.05, 3.63) is 32.6 Å². The number of halogens is 3. The van der Waals surface area contributed by atoms with Gasteiger partial charge in [-0.1, -0.05) is 0 Å². The SMILES string of the molecule is N#Cc1c[nH]c(=O)n(CC(F)(F)F)c1=O. The second kappa shape index (κ2) is 3.61. The van der Waals surface area contributed by atoms with Crippen molar-refractivity contribution >= 4 is 0 Å². The Hall–Kier alpha value is -2.04. The number of nitrogens with one attached hydrogen (secondary N) is 1. The van der Waals surface area contributed by atoms with Gasteiger partial charge in [0, 0.05) is 6.20 Å². The van der Waals surface area contributed by atoms with E-state index in [1.807, 2.05) is 4.98 Å². The molecular formula is C7H4F3N3O2. The lowest BCUT2D eigenvalue weighted by molar-refractivity contribution is -0.141. The monoisotopic (exact) mass is 219 g/mol. The highest BCUT2D eigenvalue weighted by Gasteiger charge is 2.29. The average Bonchev–Trinajstić information content (AvgIpc) is 2.11. The van der Waals surface area contributed by atoms with E-state index in [2.05, 4.69) is 0 Å². The van der Waals surface area contributed by atoms with Gasteiger partial charge in [0.25, 0.3) is 5.56 Å². The number of aromatic amines is 1. The van der Waals surface area contributed by atoms with Crippen LogP contribution in [0.1, 0.15) is 5.56 Å². The fourth-order valence-electron chi connectivity index (χ4n) is 0.914. The highest BCUT2D eigenvalue weighted by molar-refractivity contribution is 5.21. The first kappa shape index (κ1) is 11.0. The summed E-state index contributed by atoms with van der Waals surface area (Å²) in [4.78, 5) is 23.9. The summed E-state index contributed by atoms with van der Waals surface area (Å²) in [5, 5.41) is 8.37. The minimum Gasteiger partial charge on any atom is -0.313 e. The van der Waals surface area contributed by atoms with Crippen molar-refractivity contribution in [3.63, 3.8) is 0 Å². The first-order valence-corrected chi connectivity index (χ1v) is 3.64. The maximum absolute atomic E-state index is 11.9. The Labute approximate surface area is 80.4 Å². The van der Waals surface area contributed by atoms with Crippen LogP contribution in [0.25, 0.3) is 0 Å². The summed E-state index contributed by atoms with van der Waals surface area (Å²) in [5.41, 5.74) is -2.99. The summed E-state index contributed by atoms with van der Waals surface area (Å²) < 4.78 is 35.8. The highest BCUT2D eigenvalue weighted by Crippen LogP contribution is 2.15. The molecule has 1 heterocycles. The van der Waals surface area contributed by atoms with Crippen LogP contribution in [0.5, 0.6) is 0 Å². The van der Waals surface area contributed by atoms with Gasteiger partial charge in [-0.15, -0.1) is 0 Å². The van der Waals surface area contributed by atoms with E-state index < -0.39 is 29.5 Å².